The third-order valence-electron chi connectivity index (χ3n) is 3.08. The van der Waals surface area contributed by atoms with Gasteiger partial charge >= 0.3 is 5.76 Å². The van der Waals surface area contributed by atoms with E-state index in [-0.39, 0.29) is 19.1 Å². The van der Waals surface area contributed by atoms with Crippen LogP contribution >= 0.6 is 0 Å². The molecule has 0 spiro atoms. The Morgan fingerprint density at radius 3 is 2.25 bits per heavy atom. The molecule has 2 rings (SSSR count). The van der Waals surface area contributed by atoms with Gasteiger partial charge in [0.05, 0.1) is 0 Å². The van der Waals surface area contributed by atoms with E-state index in [4.69, 9.17) is 0 Å². The van der Waals surface area contributed by atoms with Gasteiger partial charge in [-0.1, -0.05) is 0 Å². The molecule has 0 bridgehead atoms. The summed E-state index contributed by atoms with van der Waals surface area (Å²) in [6.07, 6.45) is 0. The number of hydrogen-bond acceptors (Lipinski definition) is 4. The van der Waals surface area contributed by atoms with Crippen LogP contribution in [0.1, 0.15) is 0 Å². The summed E-state index contributed by atoms with van der Waals surface area (Å²) < 4.78 is 47.4. The molecule has 1 N–H and O–H groups in total. The smallest absolute Gasteiger partial charge is 0.314 e. The molecular weight excluding hydrogens is 240 g/mol. The fourth-order valence-electron chi connectivity index (χ4n) is 2.02. The molecule has 8 heteroatoms. The van der Waals surface area contributed by atoms with Crippen molar-refractivity contribution in [3.05, 3.63) is 0 Å². The second kappa shape index (κ2) is 4.52. The number of halogens is 2. The summed E-state index contributed by atoms with van der Waals surface area (Å²) in [5, 5.41) is 3.18. The van der Waals surface area contributed by atoms with E-state index in [0.717, 1.165) is 30.5 Å². The van der Waals surface area contributed by atoms with Gasteiger partial charge in [0.25, 0.3) is 10.0 Å². The fourth-order valence-corrected chi connectivity index (χ4v) is 3.00. The van der Waals surface area contributed by atoms with E-state index in [1.165, 1.54) is 0 Å². The molecule has 0 atom stereocenters. The summed E-state index contributed by atoms with van der Waals surface area (Å²) in [5.41, 5.74) is 0. The Bertz CT molecular complexity index is 337. The zero-order valence-corrected chi connectivity index (χ0v) is 9.59. The van der Waals surface area contributed by atoms with Crippen LogP contribution in [0.25, 0.3) is 0 Å². The predicted molar refractivity (Wildman–Crippen MR) is 54.7 cm³/mol. The first-order chi connectivity index (χ1) is 7.51. The molecule has 0 saturated carbocycles. The van der Waals surface area contributed by atoms with Gasteiger partial charge in [-0.2, -0.15) is 13.1 Å². The molecule has 0 amide bonds. The van der Waals surface area contributed by atoms with Crippen LogP contribution in [0.15, 0.2) is 0 Å². The topological polar surface area (TPSA) is 52.7 Å². The number of sulfonamides is 1. The number of piperazine rings is 1. The number of alkyl halides is 2. The monoisotopic (exact) mass is 255 g/mol. The minimum Gasteiger partial charge on any atom is -0.314 e. The van der Waals surface area contributed by atoms with Crippen LogP contribution in [0.5, 0.6) is 0 Å². The highest BCUT2D eigenvalue weighted by Crippen LogP contribution is 2.22. The molecule has 0 aromatic rings. The van der Waals surface area contributed by atoms with E-state index in [1.54, 1.807) is 0 Å². The molecule has 0 radical (unpaired) electrons. The van der Waals surface area contributed by atoms with Crippen LogP contribution in [0.4, 0.5) is 8.78 Å². The van der Waals surface area contributed by atoms with Gasteiger partial charge in [0.1, 0.15) is 0 Å². The summed E-state index contributed by atoms with van der Waals surface area (Å²) >= 11 is 0. The van der Waals surface area contributed by atoms with E-state index < -0.39 is 15.8 Å². The van der Waals surface area contributed by atoms with Gasteiger partial charge in [0.2, 0.25) is 0 Å². The van der Waals surface area contributed by atoms with Crippen molar-refractivity contribution in [1.82, 2.24) is 14.5 Å². The van der Waals surface area contributed by atoms with E-state index in [2.05, 4.69) is 10.2 Å². The van der Waals surface area contributed by atoms with Gasteiger partial charge in [-0.05, 0) is 0 Å². The molecule has 2 fully saturated rings. The molecule has 0 unspecified atom stereocenters. The Kier molecular flexibility index (Phi) is 3.43. The number of rotatable bonds is 3. The summed E-state index contributed by atoms with van der Waals surface area (Å²) in [5.74, 6) is -3.29. The van der Waals surface area contributed by atoms with E-state index in [0.29, 0.717) is 0 Å². The lowest BCUT2D eigenvalue weighted by Crippen LogP contribution is -2.64. The van der Waals surface area contributed by atoms with E-state index >= 15 is 0 Å². The molecule has 5 nitrogen and oxygen atoms in total. The molecule has 2 heterocycles. The van der Waals surface area contributed by atoms with Gasteiger partial charge < -0.3 is 5.32 Å². The third-order valence-corrected chi connectivity index (χ3v) is 4.55. The van der Waals surface area contributed by atoms with Crippen LogP contribution in [0, 0.1) is 0 Å². The fraction of sp³-hybridized carbons (Fsp3) is 1.00. The first kappa shape index (κ1) is 12.2. The average molecular weight is 255 g/mol. The maximum Gasteiger partial charge on any atom is 0.350 e. The minimum atomic E-state index is -4.35. The zero-order chi connectivity index (χ0) is 11.8. The molecule has 2 aliphatic rings. The second-order valence-electron chi connectivity index (χ2n) is 4.06. The molecule has 94 valence electrons. The highest BCUT2D eigenvalue weighted by atomic mass is 32.2. The van der Waals surface area contributed by atoms with Crippen molar-refractivity contribution in [1.29, 1.82) is 0 Å². The Morgan fingerprint density at radius 2 is 1.75 bits per heavy atom. The van der Waals surface area contributed by atoms with Crippen molar-refractivity contribution in [3.8, 4) is 0 Å². The van der Waals surface area contributed by atoms with E-state index in [1.807, 2.05) is 0 Å². The van der Waals surface area contributed by atoms with Crippen LogP contribution in [-0.4, -0.2) is 68.7 Å². The normalized spacial score (nSPS) is 25.9. The Hall–Kier alpha value is -0.310. The van der Waals surface area contributed by atoms with Crippen molar-refractivity contribution in [3.63, 3.8) is 0 Å². The zero-order valence-electron chi connectivity index (χ0n) is 8.77. The Labute approximate surface area is 93.4 Å². The summed E-state index contributed by atoms with van der Waals surface area (Å²) in [6, 6.07) is 0.107. The van der Waals surface area contributed by atoms with Crippen molar-refractivity contribution in [2.45, 2.75) is 11.8 Å². The lowest BCUT2D eigenvalue weighted by Gasteiger charge is -2.45. The number of nitrogens with one attached hydrogen (secondary N) is 1. The first-order valence-electron chi connectivity index (χ1n) is 5.23. The third kappa shape index (κ3) is 2.20. The minimum absolute atomic E-state index is 0.107. The summed E-state index contributed by atoms with van der Waals surface area (Å²) in [6.45, 7) is 3.86. The SMILES string of the molecule is O=S(=O)(C(F)F)N1CC(N2CCNCC2)C1. The highest BCUT2D eigenvalue weighted by Gasteiger charge is 2.43. The van der Waals surface area contributed by atoms with Gasteiger partial charge in [0, 0.05) is 45.3 Å². The lowest BCUT2D eigenvalue weighted by atomic mass is 10.1. The average Bonchev–Trinajstić information content (AvgIpc) is 2.16. The largest absolute Gasteiger partial charge is 0.350 e. The highest BCUT2D eigenvalue weighted by molar-refractivity contribution is 7.89. The quantitative estimate of drug-likeness (QED) is 0.712. The molecule has 2 aliphatic heterocycles. The molecule has 0 aromatic heterocycles. The van der Waals surface area contributed by atoms with Crippen molar-refractivity contribution in [2.24, 2.45) is 0 Å². The molecule has 16 heavy (non-hydrogen) atoms. The van der Waals surface area contributed by atoms with Crippen LogP contribution in [0.3, 0.4) is 0 Å². The molecule has 0 aromatic carbocycles. The first-order valence-corrected chi connectivity index (χ1v) is 6.74. The maximum absolute atomic E-state index is 12.2. The summed E-state index contributed by atoms with van der Waals surface area (Å²) in [7, 11) is -4.35. The Morgan fingerprint density at radius 1 is 1.19 bits per heavy atom. The van der Waals surface area contributed by atoms with Crippen LogP contribution < -0.4 is 5.32 Å². The van der Waals surface area contributed by atoms with Crippen molar-refractivity contribution in [2.75, 3.05) is 39.3 Å². The molecule has 0 aliphatic carbocycles. The predicted octanol–water partition coefficient (Wildman–Crippen LogP) is -0.872. The number of nitrogens with zero attached hydrogens (tertiary/aromatic N) is 2. The molecular formula is C8H15F2N3O2S. The van der Waals surface area contributed by atoms with Gasteiger partial charge in [-0.15, -0.1) is 0 Å². The number of hydrogen-bond donors (Lipinski definition) is 1. The van der Waals surface area contributed by atoms with Crippen LogP contribution in [0.2, 0.25) is 0 Å². The second-order valence-corrected chi connectivity index (χ2v) is 5.97. The van der Waals surface area contributed by atoms with Gasteiger partial charge in [-0.25, -0.2) is 8.42 Å². The van der Waals surface area contributed by atoms with E-state index in [9.17, 15) is 17.2 Å². The van der Waals surface area contributed by atoms with Gasteiger partial charge in [0.15, 0.2) is 0 Å². The molecule has 2 saturated heterocycles. The van der Waals surface area contributed by atoms with Crippen LogP contribution in [-0.2, 0) is 10.0 Å². The van der Waals surface area contributed by atoms with Gasteiger partial charge in [-0.3, -0.25) is 4.90 Å². The standard InChI is InChI=1S/C8H15F2N3O2S/c9-8(10)16(14,15)13-5-7(6-13)12-3-1-11-2-4-12/h7-8,11H,1-6H2. The Balaban J connectivity index is 1.85. The maximum atomic E-state index is 12.2. The lowest BCUT2D eigenvalue weighted by molar-refractivity contribution is 0.0716. The summed E-state index contributed by atoms with van der Waals surface area (Å²) in [4.78, 5) is 2.15. The van der Waals surface area contributed by atoms with Crippen molar-refractivity contribution < 1.29 is 17.2 Å². The van der Waals surface area contributed by atoms with Crippen molar-refractivity contribution >= 4 is 10.0 Å².